The molecule has 0 spiro atoms. The number of ether oxygens (including phenoxy) is 1. The molecule has 0 aromatic carbocycles. The number of aliphatic hydroxyl groups excluding tert-OH is 1. The zero-order valence-corrected chi connectivity index (χ0v) is 17.4. The third-order valence-electron chi connectivity index (χ3n) is 4.72. The van der Waals surface area contributed by atoms with E-state index >= 15 is 0 Å². The number of aryl methyl sites for hydroxylation is 1. The fourth-order valence-corrected chi connectivity index (χ4v) is 5.23. The molecule has 0 saturated carbocycles. The fraction of sp³-hybridized carbons (Fsp3) is 0.368. The summed E-state index contributed by atoms with van der Waals surface area (Å²) in [5, 5.41) is 12.6. The van der Waals surface area contributed by atoms with Crippen LogP contribution in [0.2, 0.25) is 0 Å². The van der Waals surface area contributed by atoms with Gasteiger partial charge in [0, 0.05) is 30.2 Å². The predicted molar refractivity (Wildman–Crippen MR) is 110 cm³/mol. The number of nitrogens with one attached hydrogen (secondary N) is 1. The van der Waals surface area contributed by atoms with Crippen LogP contribution in [-0.4, -0.2) is 64.6 Å². The first kappa shape index (κ1) is 19.9. The van der Waals surface area contributed by atoms with Crippen LogP contribution >= 0.6 is 22.7 Å². The Morgan fingerprint density at radius 2 is 2.24 bits per heavy atom. The van der Waals surface area contributed by atoms with Gasteiger partial charge in [-0.2, -0.15) is 0 Å². The van der Waals surface area contributed by atoms with E-state index in [9.17, 15) is 9.59 Å². The van der Waals surface area contributed by atoms with Crippen molar-refractivity contribution in [2.75, 3.05) is 32.8 Å². The number of hydrogen-bond donors (Lipinski definition) is 2. The van der Waals surface area contributed by atoms with Gasteiger partial charge < -0.3 is 20.1 Å². The molecule has 0 unspecified atom stereocenters. The van der Waals surface area contributed by atoms with Crippen LogP contribution < -0.4 is 5.32 Å². The molecule has 0 aliphatic carbocycles. The molecule has 1 aliphatic rings. The summed E-state index contributed by atoms with van der Waals surface area (Å²) in [7, 11) is 0. The number of thiophene rings is 1. The maximum absolute atomic E-state index is 12.9. The number of hydrogen-bond acceptors (Lipinski definition) is 8. The van der Waals surface area contributed by atoms with Gasteiger partial charge in [-0.15, -0.1) is 22.7 Å². The highest BCUT2D eigenvalue weighted by Gasteiger charge is 2.32. The highest BCUT2D eigenvalue weighted by Crippen LogP contribution is 2.37. The molecule has 3 aromatic heterocycles. The number of morpholine rings is 1. The van der Waals surface area contributed by atoms with E-state index in [2.05, 4.69) is 15.3 Å². The molecule has 1 aliphatic heterocycles. The molecule has 1 saturated heterocycles. The van der Waals surface area contributed by atoms with Crippen molar-refractivity contribution in [2.24, 2.45) is 0 Å². The Hall–Kier alpha value is -2.40. The summed E-state index contributed by atoms with van der Waals surface area (Å²) >= 11 is 2.62. The molecule has 3 aromatic rings. The normalized spacial score (nSPS) is 16.9. The first-order chi connectivity index (χ1) is 14.1. The quantitative estimate of drug-likeness (QED) is 0.639. The lowest BCUT2D eigenvalue weighted by molar-refractivity contribution is -0.0221. The topological polar surface area (TPSA) is 105 Å². The number of thiazole rings is 1. The van der Waals surface area contributed by atoms with Crippen molar-refractivity contribution < 1.29 is 19.4 Å². The average Bonchev–Trinajstić information content (AvgIpc) is 3.35. The molecule has 4 rings (SSSR count). The second-order valence-electron chi connectivity index (χ2n) is 6.56. The van der Waals surface area contributed by atoms with E-state index in [0.29, 0.717) is 29.5 Å². The lowest BCUT2D eigenvalue weighted by Gasteiger charge is -2.33. The maximum Gasteiger partial charge on any atom is 0.266 e. The molecule has 2 amide bonds. The standard InChI is InChI=1S/C19H20N4O4S2/c1-11-15(28-10-22-11)19(26)23-6-8-27-13(9-23)14-12-3-2-4-21-18(12)29-16(14)17(25)20-5-7-24/h2-4,10,13,24H,5-9H2,1H3,(H,20,25)/t13-/m0/s1. The molecule has 29 heavy (non-hydrogen) atoms. The van der Waals surface area contributed by atoms with Crippen molar-refractivity contribution >= 4 is 44.7 Å². The number of fused-ring (bicyclic) bond motifs is 1. The van der Waals surface area contributed by atoms with Crippen molar-refractivity contribution in [3.05, 3.63) is 44.9 Å². The number of rotatable bonds is 5. The molecule has 2 N–H and O–H groups in total. The molecule has 0 bridgehead atoms. The van der Waals surface area contributed by atoms with Crippen molar-refractivity contribution in [3.8, 4) is 0 Å². The largest absolute Gasteiger partial charge is 0.395 e. The van der Waals surface area contributed by atoms with Crippen LogP contribution in [0.3, 0.4) is 0 Å². The summed E-state index contributed by atoms with van der Waals surface area (Å²) in [6.07, 6.45) is 1.25. The third-order valence-corrected chi connectivity index (χ3v) is 6.77. The van der Waals surface area contributed by atoms with Crippen molar-refractivity contribution in [3.63, 3.8) is 0 Å². The van der Waals surface area contributed by atoms with Gasteiger partial charge in [-0.05, 0) is 13.0 Å². The summed E-state index contributed by atoms with van der Waals surface area (Å²) in [4.78, 5) is 37.8. The van der Waals surface area contributed by atoms with Gasteiger partial charge >= 0.3 is 0 Å². The Bertz CT molecular complexity index is 1050. The SMILES string of the molecule is Cc1ncsc1C(=O)N1CCO[C@H](c2c(C(=O)NCCO)sc3ncccc23)C1. The second kappa shape index (κ2) is 8.54. The number of nitrogens with zero attached hydrogens (tertiary/aromatic N) is 3. The number of aliphatic hydroxyl groups is 1. The molecular weight excluding hydrogens is 412 g/mol. The molecule has 1 fully saturated rings. The van der Waals surface area contributed by atoms with Gasteiger partial charge in [-0.3, -0.25) is 9.59 Å². The van der Waals surface area contributed by atoms with Crippen molar-refractivity contribution in [2.45, 2.75) is 13.0 Å². The summed E-state index contributed by atoms with van der Waals surface area (Å²) < 4.78 is 6.00. The Morgan fingerprint density at radius 3 is 3.00 bits per heavy atom. The summed E-state index contributed by atoms with van der Waals surface area (Å²) in [5.41, 5.74) is 3.13. The van der Waals surface area contributed by atoms with E-state index in [1.807, 2.05) is 19.1 Å². The number of pyridine rings is 1. The maximum atomic E-state index is 12.9. The number of carbonyl (C=O) groups excluding carboxylic acids is 2. The highest BCUT2D eigenvalue weighted by atomic mass is 32.1. The van der Waals surface area contributed by atoms with Crippen LogP contribution in [0.5, 0.6) is 0 Å². The van der Waals surface area contributed by atoms with Crippen LogP contribution in [0.1, 0.15) is 36.7 Å². The molecule has 10 heteroatoms. The Morgan fingerprint density at radius 1 is 1.38 bits per heavy atom. The van der Waals surface area contributed by atoms with E-state index in [-0.39, 0.29) is 25.0 Å². The molecule has 0 radical (unpaired) electrons. The molecule has 4 heterocycles. The van der Waals surface area contributed by atoms with Crippen LogP contribution in [-0.2, 0) is 4.74 Å². The van der Waals surface area contributed by atoms with Gasteiger partial charge in [-0.1, -0.05) is 6.07 Å². The van der Waals surface area contributed by atoms with E-state index in [1.165, 1.54) is 22.7 Å². The fourth-order valence-electron chi connectivity index (χ4n) is 3.35. The van der Waals surface area contributed by atoms with Gasteiger partial charge in [-0.25, -0.2) is 9.97 Å². The number of aromatic nitrogens is 2. The highest BCUT2D eigenvalue weighted by molar-refractivity contribution is 7.20. The molecule has 152 valence electrons. The minimum Gasteiger partial charge on any atom is -0.395 e. The van der Waals surface area contributed by atoms with E-state index in [1.54, 1.807) is 16.6 Å². The Balaban J connectivity index is 1.67. The Kier molecular flexibility index (Phi) is 5.86. The van der Waals surface area contributed by atoms with Crippen LogP contribution in [0, 0.1) is 6.92 Å². The lowest BCUT2D eigenvalue weighted by Crippen LogP contribution is -2.42. The van der Waals surface area contributed by atoms with Crippen molar-refractivity contribution in [1.29, 1.82) is 0 Å². The summed E-state index contributed by atoms with van der Waals surface area (Å²) in [5.74, 6) is -0.343. The van der Waals surface area contributed by atoms with E-state index < -0.39 is 6.10 Å². The third kappa shape index (κ3) is 3.88. The van der Waals surface area contributed by atoms with Gasteiger partial charge in [0.2, 0.25) is 0 Å². The minimum absolute atomic E-state index is 0.0674. The van der Waals surface area contributed by atoms with Gasteiger partial charge in [0.25, 0.3) is 11.8 Å². The zero-order chi connectivity index (χ0) is 20.4. The average molecular weight is 433 g/mol. The predicted octanol–water partition coefficient (Wildman–Crippen LogP) is 2.00. The first-order valence-electron chi connectivity index (χ1n) is 9.17. The first-order valence-corrected chi connectivity index (χ1v) is 10.9. The molecule has 8 nitrogen and oxygen atoms in total. The number of amides is 2. The zero-order valence-electron chi connectivity index (χ0n) is 15.8. The molecule has 1 atom stereocenters. The summed E-state index contributed by atoms with van der Waals surface area (Å²) in [6, 6.07) is 3.73. The Labute approximate surface area is 175 Å². The van der Waals surface area contributed by atoms with Gasteiger partial charge in [0.1, 0.15) is 20.7 Å². The van der Waals surface area contributed by atoms with Gasteiger partial charge in [0.15, 0.2) is 0 Å². The van der Waals surface area contributed by atoms with E-state index in [0.717, 1.165) is 21.5 Å². The number of carbonyl (C=O) groups is 2. The lowest BCUT2D eigenvalue weighted by atomic mass is 10.0. The summed E-state index contributed by atoms with van der Waals surface area (Å²) in [6.45, 7) is 3.06. The van der Waals surface area contributed by atoms with Crippen LogP contribution in [0.25, 0.3) is 10.2 Å². The van der Waals surface area contributed by atoms with E-state index in [4.69, 9.17) is 9.84 Å². The minimum atomic E-state index is -0.436. The monoisotopic (exact) mass is 432 g/mol. The van der Waals surface area contributed by atoms with Crippen molar-refractivity contribution in [1.82, 2.24) is 20.2 Å². The molecular formula is C19H20N4O4S2. The van der Waals surface area contributed by atoms with Gasteiger partial charge in [0.05, 0.1) is 31.0 Å². The smallest absolute Gasteiger partial charge is 0.266 e. The van der Waals surface area contributed by atoms with Crippen LogP contribution in [0.4, 0.5) is 0 Å². The second-order valence-corrected chi connectivity index (χ2v) is 8.41. The van der Waals surface area contributed by atoms with Crippen LogP contribution in [0.15, 0.2) is 23.8 Å².